The van der Waals surface area contributed by atoms with Crippen molar-refractivity contribution in [2.75, 3.05) is 24.7 Å². The standard InChI is InChI=1S/C12H16O2S2Se/c1-2-12(6-14-4-10-8-16-10)17-11(1)5-13-3-9-7-15-9/h1-2,9-10H,3-8H2. The van der Waals surface area contributed by atoms with Crippen LogP contribution in [0, 0.1) is 0 Å². The van der Waals surface area contributed by atoms with E-state index in [1.54, 1.807) is 0 Å². The predicted octanol–water partition coefficient (Wildman–Crippen LogP) is 2.01. The molecule has 5 heteroatoms. The summed E-state index contributed by atoms with van der Waals surface area (Å²) in [6.07, 6.45) is 0. The normalized spacial score (nSPS) is 26.1. The van der Waals surface area contributed by atoms with Gasteiger partial charge in [0.1, 0.15) is 0 Å². The molecule has 94 valence electrons. The van der Waals surface area contributed by atoms with Gasteiger partial charge in [0.25, 0.3) is 0 Å². The van der Waals surface area contributed by atoms with E-state index in [9.17, 15) is 0 Å². The quantitative estimate of drug-likeness (QED) is 0.534. The van der Waals surface area contributed by atoms with Crippen molar-refractivity contribution in [3.05, 3.63) is 21.0 Å². The SMILES string of the molecule is c1cc(COCC2CS2)[se]c1COCC1CS1. The summed E-state index contributed by atoms with van der Waals surface area (Å²) in [5.74, 6) is 2.58. The predicted molar refractivity (Wildman–Crippen MR) is 75.2 cm³/mol. The third-order valence-corrected chi connectivity index (χ3v) is 6.67. The van der Waals surface area contributed by atoms with Crippen LogP contribution in [0.2, 0.25) is 0 Å². The van der Waals surface area contributed by atoms with Gasteiger partial charge in [0.05, 0.1) is 0 Å². The van der Waals surface area contributed by atoms with E-state index in [0.29, 0.717) is 14.5 Å². The molecule has 1 aromatic heterocycles. The number of hydrogen-bond acceptors (Lipinski definition) is 4. The Balaban J connectivity index is 1.34. The number of rotatable bonds is 8. The van der Waals surface area contributed by atoms with Crippen molar-refractivity contribution < 1.29 is 9.47 Å². The molecule has 2 aliphatic heterocycles. The second-order valence-electron chi connectivity index (χ2n) is 4.31. The van der Waals surface area contributed by atoms with Gasteiger partial charge in [-0.25, -0.2) is 0 Å². The van der Waals surface area contributed by atoms with Crippen molar-refractivity contribution in [3.8, 4) is 0 Å². The Labute approximate surface area is 117 Å². The summed E-state index contributed by atoms with van der Waals surface area (Å²) < 4.78 is 14.3. The molecule has 2 atom stereocenters. The molecule has 1 aromatic rings. The van der Waals surface area contributed by atoms with Gasteiger partial charge in [-0.05, 0) is 0 Å². The molecule has 0 aromatic carbocycles. The molecule has 3 rings (SSSR count). The van der Waals surface area contributed by atoms with Gasteiger partial charge in [0, 0.05) is 0 Å². The maximum atomic E-state index is 5.69. The van der Waals surface area contributed by atoms with E-state index >= 15 is 0 Å². The van der Waals surface area contributed by atoms with Crippen LogP contribution in [0.3, 0.4) is 0 Å². The summed E-state index contributed by atoms with van der Waals surface area (Å²) in [5, 5.41) is 1.58. The molecular weight excluding hydrogens is 319 g/mol. The van der Waals surface area contributed by atoms with Crippen LogP contribution in [-0.2, 0) is 22.7 Å². The zero-order chi connectivity index (χ0) is 11.5. The fraction of sp³-hybridized carbons (Fsp3) is 0.667. The fourth-order valence-corrected chi connectivity index (χ4v) is 4.21. The van der Waals surface area contributed by atoms with E-state index < -0.39 is 0 Å². The Kier molecular flexibility index (Phi) is 4.59. The number of thioether (sulfide) groups is 2. The first kappa shape index (κ1) is 12.6. The van der Waals surface area contributed by atoms with Crippen molar-refractivity contribution in [1.82, 2.24) is 0 Å². The molecule has 0 radical (unpaired) electrons. The molecule has 0 spiro atoms. The first-order valence-corrected chi connectivity index (χ1v) is 9.67. The van der Waals surface area contributed by atoms with Gasteiger partial charge in [0.2, 0.25) is 0 Å². The Morgan fingerprint density at radius 3 is 1.88 bits per heavy atom. The molecular formula is C12H16O2S2Se. The van der Waals surface area contributed by atoms with E-state index in [-0.39, 0.29) is 0 Å². The Morgan fingerprint density at radius 1 is 1.00 bits per heavy atom. The van der Waals surface area contributed by atoms with Gasteiger partial charge >= 0.3 is 117 Å². The molecule has 0 bridgehead atoms. The van der Waals surface area contributed by atoms with Gasteiger partial charge in [-0.3, -0.25) is 0 Å². The van der Waals surface area contributed by atoms with Gasteiger partial charge in [-0.2, -0.15) is 0 Å². The number of hydrogen-bond donors (Lipinski definition) is 0. The molecule has 3 heterocycles. The van der Waals surface area contributed by atoms with Crippen LogP contribution in [0.15, 0.2) is 12.1 Å². The minimum absolute atomic E-state index is 0.480. The summed E-state index contributed by atoms with van der Waals surface area (Å²) in [7, 11) is 0. The van der Waals surface area contributed by atoms with Crippen LogP contribution < -0.4 is 0 Å². The van der Waals surface area contributed by atoms with Crippen molar-refractivity contribution in [2.45, 2.75) is 23.7 Å². The third kappa shape index (κ3) is 4.66. The molecule has 0 saturated carbocycles. The third-order valence-electron chi connectivity index (χ3n) is 2.62. The van der Waals surface area contributed by atoms with Crippen LogP contribution in [0.25, 0.3) is 0 Å². The number of ether oxygens (including phenoxy) is 2. The zero-order valence-electron chi connectivity index (χ0n) is 9.59. The van der Waals surface area contributed by atoms with Crippen LogP contribution in [0.1, 0.15) is 8.87 Å². The molecule has 2 nitrogen and oxygen atoms in total. The summed E-state index contributed by atoms with van der Waals surface area (Å²) in [5.41, 5.74) is 0. The van der Waals surface area contributed by atoms with Crippen LogP contribution in [0.5, 0.6) is 0 Å². The average Bonchev–Trinajstić information content (AvgIpc) is 3.22. The Bertz CT molecular complexity index is 329. The molecule has 0 N–H and O–H groups in total. The van der Waals surface area contributed by atoms with Crippen LogP contribution >= 0.6 is 23.5 Å². The van der Waals surface area contributed by atoms with Gasteiger partial charge in [-0.1, -0.05) is 0 Å². The molecule has 2 saturated heterocycles. The Morgan fingerprint density at radius 2 is 1.47 bits per heavy atom. The topological polar surface area (TPSA) is 18.5 Å². The second-order valence-corrected chi connectivity index (χ2v) is 9.60. The first-order valence-electron chi connectivity index (χ1n) is 5.86. The van der Waals surface area contributed by atoms with Crippen molar-refractivity contribution in [2.24, 2.45) is 0 Å². The molecule has 0 aliphatic carbocycles. The fourth-order valence-electron chi connectivity index (χ4n) is 1.49. The van der Waals surface area contributed by atoms with E-state index in [1.165, 1.54) is 20.4 Å². The Hall–Kier alpha value is 0.619. The molecule has 17 heavy (non-hydrogen) atoms. The average molecular weight is 335 g/mol. The van der Waals surface area contributed by atoms with E-state index in [0.717, 1.165) is 36.9 Å². The van der Waals surface area contributed by atoms with E-state index in [1.807, 2.05) is 23.5 Å². The maximum absolute atomic E-state index is 5.69. The summed E-state index contributed by atoms with van der Waals surface area (Å²) in [6.45, 7) is 3.52. The van der Waals surface area contributed by atoms with Crippen LogP contribution in [0.4, 0.5) is 0 Å². The van der Waals surface area contributed by atoms with E-state index in [4.69, 9.17) is 9.47 Å². The second kappa shape index (κ2) is 6.18. The summed E-state index contributed by atoms with van der Waals surface area (Å²) >= 11 is 4.47. The van der Waals surface area contributed by atoms with Crippen molar-refractivity contribution >= 4 is 38.0 Å². The van der Waals surface area contributed by atoms with Gasteiger partial charge < -0.3 is 0 Å². The van der Waals surface area contributed by atoms with Gasteiger partial charge in [0.15, 0.2) is 0 Å². The molecule has 2 aliphatic rings. The van der Waals surface area contributed by atoms with Gasteiger partial charge in [-0.15, -0.1) is 0 Å². The summed E-state index contributed by atoms with van der Waals surface area (Å²) in [4.78, 5) is 0. The van der Waals surface area contributed by atoms with Crippen molar-refractivity contribution in [1.29, 1.82) is 0 Å². The minimum atomic E-state index is 0.480. The van der Waals surface area contributed by atoms with Crippen molar-refractivity contribution in [3.63, 3.8) is 0 Å². The monoisotopic (exact) mass is 336 g/mol. The molecule has 0 amide bonds. The summed E-state index contributed by atoms with van der Waals surface area (Å²) in [6, 6.07) is 4.45. The van der Waals surface area contributed by atoms with E-state index in [2.05, 4.69) is 12.1 Å². The molecule has 2 fully saturated rings. The zero-order valence-corrected chi connectivity index (χ0v) is 12.9. The van der Waals surface area contributed by atoms with Crippen LogP contribution in [-0.4, -0.2) is 49.7 Å². The molecule has 2 unspecified atom stereocenters. The first-order chi connectivity index (χ1) is 8.40.